The van der Waals surface area contributed by atoms with Gasteiger partial charge >= 0.3 is 0 Å². The average molecular weight is 433 g/mol. The predicted molar refractivity (Wildman–Crippen MR) is 109 cm³/mol. The molecule has 9 nitrogen and oxygen atoms in total. The van der Waals surface area contributed by atoms with E-state index in [1.165, 1.54) is 0 Å². The first-order valence-electron chi connectivity index (χ1n) is 11.4. The summed E-state index contributed by atoms with van der Waals surface area (Å²) in [7, 11) is 0. The molecule has 4 heterocycles. The molecule has 0 aromatic carbocycles. The summed E-state index contributed by atoms with van der Waals surface area (Å²) in [5, 5.41) is 6.08. The number of hydrogen-bond acceptors (Lipinski definition) is 6. The summed E-state index contributed by atoms with van der Waals surface area (Å²) < 4.78 is 5.27. The number of likely N-dealkylation sites (tertiary alicyclic amines) is 1. The second kappa shape index (κ2) is 6.75. The molecule has 5 atom stereocenters. The van der Waals surface area contributed by atoms with Gasteiger partial charge in [0.25, 0.3) is 5.91 Å². The number of piperidine rings is 2. The summed E-state index contributed by atoms with van der Waals surface area (Å²) in [6.07, 6.45) is 1.81. The first-order chi connectivity index (χ1) is 14.6. The van der Waals surface area contributed by atoms with Crippen molar-refractivity contribution >= 4 is 23.5 Å². The lowest BCUT2D eigenvalue weighted by Crippen LogP contribution is -2.68. The number of nitrogens with zero attached hydrogens (tertiary/aromatic N) is 1. The molecule has 4 saturated heterocycles. The smallest absolute Gasteiger partial charge is 0.290 e. The number of ketones is 1. The van der Waals surface area contributed by atoms with Gasteiger partial charge in [0.15, 0.2) is 0 Å². The van der Waals surface area contributed by atoms with Crippen molar-refractivity contribution in [3.8, 4) is 0 Å². The van der Waals surface area contributed by atoms with E-state index in [2.05, 4.69) is 10.6 Å². The van der Waals surface area contributed by atoms with Crippen LogP contribution in [-0.4, -0.2) is 73.8 Å². The van der Waals surface area contributed by atoms with Crippen LogP contribution in [0.2, 0.25) is 0 Å². The van der Waals surface area contributed by atoms with Crippen LogP contribution in [-0.2, 0) is 23.9 Å². The fourth-order valence-electron chi connectivity index (χ4n) is 7.22. The highest BCUT2D eigenvalue weighted by Crippen LogP contribution is 2.77. The zero-order valence-corrected chi connectivity index (χ0v) is 18.2. The van der Waals surface area contributed by atoms with E-state index in [1.807, 2.05) is 13.8 Å². The third kappa shape index (κ3) is 2.75. The van der Waals surface area contributed by atoms with E-state index >= 15 is 0 Å². The average Bonchev–Trinajstić information content (AvgIpc) is 2.97. The van der Waals surface area contributed by atoms with Crippen molar-refractivity contribution in [3.05, 3.63) is 0 Å². The number of amides is 3. The minimum absolute atomic E-state index is 0.0129. The second-order valence-electron chi connectivity index (χ2n) is 10.9. The fourth-order valence-corrected chi connectivity index (χ4v) is 7.22. The summed E-state index contributed by atoms with van der Waals surface area (Å²) in [4.78, 5) is 53.4. The molecule has 4 N–H and O–H groups in total. The fraction of sp³-hybridized carbons (Fsp3) is 0.818. The van der Waals surface area contributed by atoms with Crippen molar-refractivity contribution in [2.45, 2.75) is 39.2 Å². The maximum Gasteiger partial charge on any atom is 0.290 e. The topological polar surface area (TPSA) is 131 Å². The van der Waals surface area contributed by atoms with Gasteiger partial charge in [-0.25, -0.2) is 0 Å². The van der Waals surface area contributed by atoms with E-state index in [9.17, 15) is 19.2 Å². The first-order valence-corrected chi connectivity index (χ1v) is 11.4. The summed E-state index contributed by atoms with van der Waals surface area (Å²) >= 11 is 0. The SMILES string of the molecule is CC1(C)C2CNC(C(N)=O)C21[C@H](C[C@@H]1CCCNC1=O)C(=O)C(=O)N1CC2(COC2)C1. The first kappa shape index (κ1) is 20.9. The molecule has 0 radical (unpaired) electrons. The van der Waals surface area contributed by atoms with Gasteiger partial charge in [0.05, 0.1) is 24.7 Å². The van der Waals surface area contributed by atoms with Crippen molar-refractivity contribution in [3.63, 3.8) is 0 Å². The highest BCUT2D eigenvalue weighted by atomic mass is 16.5. The van der Waals surface area contributed by atoms with Crippen LogP contribution < -0.4 is 16.4 Å². The molecule has 31 heavy (non-hydrogen) atoms. The molecule has 3 amide bonds. The Morgan fingerprint density at radius 1 is 1.26 bits per heavy atom. The Labute approximate surface area is 181 Å². The van der Waals surface area contributed by atoms with Crippen molar-refractivity contribution in [1.29, 1.82) is 0 Å². The Morgan fingerprint density at radius 3 is 2.52 bits per heavy atom. The zero-order valence-electron chi connectivity index (χ0n) is 18.2. The van der Waals surface area contributed by atoms with Crippen LogP contribution in [0.1, 0.15) is 33.1 Å². The van der Waals surface area contributed by atoms with Gasteiger partial charge in [-0.1, -0.05) is 13.8 Å². The number of hydrogen-bond donors (Lipinski definition) is 3. The van der Waals surface area contributed by atoms with Gasteiger partial charge in [-0.15, -0.1) is 0 Å². The molecule has 5 fully saturated rings. The molecule has 1 aliphatic carbocycles. The van der Waals surface area contributed by atoms with Gasteiger partial charge in [0.1, 0.15) is 0 Å². The molecule has 170 valence electrons. The van der Waals surface area contributed by atoms with Gasteiger partial charge in [0, 0.05) is 36.9 Å². The molecular weight excluding hydrogens is 400 g/mol. The van der Waals surface area contributed by atoms with Gasteiger partial charge in [-0.2, -0.15) is 0 Å². The number of carbonyl (C=O) groups is 4. The van der Waals surface area contributed by atoms with Gasteiger partial charge in [-0.3, -0.25) is 19.2 Å². The van der Waals surface area contributed by atoms with E-state index < -0.39 is 35.0 Å². The van der Waals surface area contributed by atoms with Gasteiger partial charge in [-0.05, 0) is 37.1 Å². The van der Waals surface area contributed by atoms with E-state index in [0.717, 1.165) is 6.42 Å². The molecule has 1 spiro atoms. The maximum absolute atomic E-state index is 13.7. The number of nitrogens with one attached hydrogen (secondary N) is 2. The van der Waals surface area contributed by atoms with Crippen LogP contribution in [0, 0.1) is 34.0 Å². The molecule has 5 aliphatic rings. The molecule has 1 saturated carbocycles. The van der Waals surface area contributed by atoms with Crippen molar-refractivity contribution in [2.24, 2.45) is 39.7 Å². The molecule has 0 bridgehead atoms. The number of nitrogens with two attached hydrogens (primary N) is 1. The van der Waals surface area contributed by atoms with Crippen LogP contribution in [0.4, 0.5) is 0 Å². The lowest BCUT2D eigenvalue weighted by atomic mass is 9.69. The van der Waals surface area contributed by atoms with Crippen molar-refractivity contribution in [2.75, 3.05) is 39.4 Å². The Morgan fingerprint density at radius 2 is 1.97 bits per heavy atom. The highest BCUT2D eigenvalue weighted by Gasteiger charge is 2.81. The third-order valence-corrected chi connectivity index (χ3v) is 8.95. The number of fused-ring (bicyclic) bond motifs is 1. The van der Waals surface area contributed by atoms with Crippen LogP contribution >= 0.6 is 0 Å². The van der Waals surface area contributed by atoms with Crippen LogP contribution in [0.5, 0.6) is 0 Å². The van der Waals surface area contributed by atoms with Crippen LogP contribution in [0.3, 0.4) is 0 Å². The minimum atomic E-state index is -0.731. The summed E-state index contributed by atoms with van der Waals surface area (Å²) in [6, 6.07) is -0.677. The van der Waals surface area contributed by atoms with E-state index in [4.69, 9.17) is 10.5 Å². The van der Waals surface area contributed by atoms with Crippen molar-refractivity contribution in [1.82, 2.24) is 15.5 Å². The monoisotopic (exact) mass is 432 g/mol. The Bertz CT molecular complexity index is 845. The van der Waals surface area contributed by atoms with Gasteiger partial charge < -0.3 is 26.0 Å². The third-order valence-electron chi connectivity index (χ3n) is 8.95. The number of rotatable bonds is 6. The van der Waals surface area contributed by atoms with E-state index in [0.29, 0.717) is 45.8 Å². The molecule has 9 heteroatoms. The minimum Gasteiger partial charge on any atom is -0.380 e. The largest absolute Gasteiger partial charge is 0.380 e. The Kier molecular flexibility index (Phi) is 4.54. The number of ether oxygens (including phenoxy) is 1. The number of primary amides is 1. The number of Topliss-reactive ketones (excluding diaryl/α,β-unsaturated/α-hetero) is 1. The lowest BCUT2D eigenvalue weighted by Gasteiger charge is -2.54. The molecule has 0 aromatic rings. The predicted octanol–water partition coefficient (Wildman–Crippen LogP) is -0.954. The van der Waals surface area contributed by atoms with E-state index in [-0.39, 0.29) is 35.0 Å². The molecule has 0 aromatic heterocycles. The molecule has 5 rings (SSSR count). The number of carbonyl (C=O) groups excluding carboxylic acids is 4. The second-order valence-corrected chi connectivity index (χ2v) is 10.9. The quantitative estimate of drug-likeness (QED) is 0.464. The van der Waals surface area contributed by atoms with Gasteiger partial charge in [0.2, 0.25) is 17.6 Å². The maximum atomic E-state index is 13.7. The molecule has 4 aliphatic heterocycles. The Balaban J connectivity index is 1.45. The Hall–Kier alpha value is -2.00. The van der Waals surface area contributed by atoms with Crippen LogP contribution in [0.15, 0.2) is 0 Å². The summed E-state index contributed by atoms with van der Waals surface area (Å²) in [5.41, 5.74) is 4.72. The van der Waals surface area contributed by atoms with Crippen molar-refractivity contribution < 1.29 is 23.9 Å². The van der Waals surface area contributed by atoms with Crippen LogP contribution in [0.25, 0.3) is 0 Å². The normalized spacial score (nSPS) is 37.8. The highest BCUT2D eigenvalue weighted by molar-refractivity contribution is 6.37. The summed E-state index contributed by atoms with van der Waals surface area (Å²) in [5.74, 6) is -2.52. The zero-order chi connectivity index (χ0) is 22.2. The van der Waals surface area contributed by atoms with E-state index in [1.54, 1.807) is 4.90 Å². The summed E-state index contributed by atoms with van der Waals surface area (Å²) in [6.45, 7) is 7.63. The molecule has 3 unspecified atom stereocenters. The molecular formula is C22H32N4O5. The lowest BCUT2D eigenvalue weighted by molar-refractivity contribution is -0.196. The standard InChI is InChI=1S/C22H32N4O5/c1-20(2)14-7-25-16(17(23)28)22(14,20)13(6-12-4-3-5-24-18(12)29)15(27)19(30)26-8-21(9-26)10-31-11-21/h12-14,16,25H,3-11H2,1-2H3,(H2,23,28)(H,24,29)/t12-,13+,14?,16?,22?/m0/s1.